The molecule has 1 N–H and O–H groups in total. The van der Waals surface area contributed by atoms with Crippen molar-refractivity contribution >= 4 is 15.7 Å². The molecule has 5 nitrogen and oxygen atoms in total. The van der Waals surface area contributed by atoms with Crippen LogP contribution in [0.5, 0.6) is 0 Å². The van der Waals surface area contributed by atoms with Gasteiger partial charge in [-0.3, -0.25) is 0 Å². The first-order chi connectivity index (χ1) is 11.0. The second-order valence-corrected chi connectivity index (χ2v) is 9.33. The average Bonchev–Trinajstić information content (AvgIpc) is 3.22. The van der Waals surface area contributed by atoms with Gasteiger partial charge in [-0.2, -0.15) is 0 Å². The highest BCUT2D eigenvalue weighted by atomic mass is 32.2. The molecule has 2 fully saturated rings. The highest BCUT2D eigenvalue weighted by Gasteiger charge is 2.43. The van der Waals surface area contributed by atoms with Gasteiger partial charge in [0.05, 0.1) is 5.75 Å². The summed E-state index contributed by atoms with van der Waals surface area (Å²) in [6, 6.07) is 6.18. The van der Waals surface area contributed by atoms with Crippen molar-refractivity contribution in [2.24, 2.45) is 0 Å². The van der Waals surface area contributed by atoms with Crippen LogP contribution in [0.4, 0.5) is 5.69 Å². The number of fused-ring (bicyclic) bond motifs is 2. The van der Waals surface area contributed by atoms with Gasteiger partial charge in [0.2, 0.25) is 10.0 Å². The van der Waals surface area contributed by atoms with Crippen molar-refractivity contribution in [2.45, 2.75) is 30.4 Å². The lowest BCUT2D eigenvalue weighted by molar-refractivity contribution is 0.381. The Morgan fingerprint density at radius 1 is 1.22 bits per heavy atom. The van der Waals surface area contributed by atoms with E-state index in [1.54, 1.807) is 4.31 Å². The molecule has 126 valence electrons. The van der Waals surface area contributed by atoms with Crippen molar-refractivity contribution in [1.29, 1.82) is 0 Å². The fraction of sp³-hybridized carbons (Fsp3) is 0.647. The van der Waals surface area contributed by atoms with E-state index in [2.05, 4.69) is 29.4 Å². The number of anilines is 1. The third-order valence-electron chi connectivity index (χ3n) is 5.62. The molecule has 0 amide bonds. The number of likely N-dealkylation sites (tertiary alicyclic amines) is 1. The van der Waals surface area contributed by atoms with E-state index in [-0.39, 0.29) is 11.2 Å². The number of rotatable bonds is 3. The maximum Gasteiger partial charge on any atom is 0.218 e. The second kappa shape index (κ2) is 5.46. The number of hydrogen-bond donors (Lipinski definition) is 1. The summed E-state index contributed by atoms with van der Waals surface area (Å²) < 4.78 is 26.8. The summed E-state index contributed by atoms with van der Waals surface area (Å²) in [5.41, 5.74) is 3.59. The minimum Gasteiger partial charge on any atom is -0.384 e. The van der Waals surface area contributed by atoms with Gasteiger partial charge in [0.25, 0.3) is 0 Å². The zero-order valence-electron chi connectivity index (χ0n) is 13.7. The second-order valence-electron chi connectivity index (χ2n) is 7.36. The third-order valence-corrected chi connectivity index (χ3v) is 7.47. The summed E-state index contributed by atoms with van der Waals surface area (Å²) in [6.07, 6.45) is 3.12. The molecule has 3 aliphatic rings. The SMILES string of the molecule is CN1CCC2(CNc3ccc(CS(=O)(=O)N4CCCC4)cc32)C1. The first-order valence-corrected chi connectivity index (χ1v) is 10.1. The maximum absolute atomic E-state index is 12.6. The first kappa shape index (κ1) is 15.4. The van der Waals surface area contributed by atoms with E-state index in [4.69, 9.17) is 0 Å². The van der Waals surface area contributed by atoms with Crippen molar-refractivity contribution < 1.29 is 8.42 Å². The molecule has 0 saturated carbocycles. The highest BCUT2D eigenvalue weighted by Crippen LogP contribution is 2.43. The molecule has 1 aromatic rings. The van der Waals surface area contributed by atoms with Crippen LogP contribution in [0.2, 0.25) is 0 Å². The topological polar surface area (TPSA) is 52.7 Å². The molecule has 0 bridgehead atoms. The Morgan fingerprint density at radius 3 is 2.70 bits per heavy atom. The van der Waals surface area contributed by atoms with Crippen LogP contribution >= 0.6 is 0 Å². The molecule has 0 aliphatic carbocycles. The van der Waals surface area contributed by atoms with Gasteiger partial charge in [0, 0.05) is 37.3 Å². The summed E-state index contributed by atoms with van der Waals surface area (Å²) in [7, 11) is -1.01. The summed E-state index contributed by atoms with van der Waals surface area (Å²) in [6.45, 7) is 4.49. The Labute approximate surface area is 138 Å². The molecule has 0 radical (unpaired) electrons. The summed E-state index contributed by atoms with van der Waals surface area (Å²) in [5.74, 6) is 0.131. The zero-order chi connectivity index (χ0) is 16.1. The number of hydrogen-bond acceptors (Lipinski definition) is 4. The molecule has 4 rings (SSSR count). The summed E-state index contributed by atoms with van der Waals surface area (Å²) >= 11 is 0. The fourth-order valence-corrected chi connectivity index (χ4v) is 5.94. The fourth-order valence-electron chi connectivity index (χ4n) is 4.35. The monoisotopic (exact) mass is 335 g/mol. The molecule has 0 aromatic heterocycles. The van der Waals surface area contributed by atoms with E-state index in [0.717, 1.165) is 44.5 Å². The standard InChI is InChI=1S/C17H25N3O2S/c1-19-9-6-17(13-19)12-18-16-5-4-14(10-15(16)17)11-23(21,22)20-7-2-3-8-20/h4-5,10,18H,2-3,6-9,11-13H2,1H3. The Morgan fingerprint density at radius 2 is 2.00 bits per heavy atom. The van der Waals surface area contributed by atoms with Crippen LogP contribution < -0.4 is 5.32 Å². The van der Waals surface area contributed by atoms with Gasteiger partial charge in [-0.05, 0) is 50.0 Å². The van der Waals surface area contributed by atoms with E-state index in [1.807, 2.05) is 6.07 Å². The van der Waals surface area contributed by atoms with Gasteiger partial charge in [0.15, 0.2) is 0 Å². The Hall–Kier alpha value is -1.11. The molecule has 3 aliphatic heterocycles. The maximum atomic E-state index is 12.6. The van der Waals surface area contributed by atoms with Gasteiger partial charge in [-0.15, -0.1) is 0 Å². The van der Waals surface area contributed by atoms with Gasteiger partial charge in [-0.25, -0.2) is 12.7 Å². The van der Waals surface area contributed by atoms with Crippen LogP contribution in [0.25, 0.3) is 0 Å². The quantitative estimate of drug-likeness (QED) is 0.912. The summed E-state index contributed by atoms with van der Waals surface area (Å²) in [5, 5.41) is 3.51. The molecule has 1 spiro atoms. The van der Waals surface area contributed by atoms with Crippen LogP contribution in [0.15, 0.2) is 18.2 Å². The van der Waals surface area contributed by atoms with E-state index in [1.165, 1.54) is 11.3 Å². The van der Waals surface area contributed by atoms with Gasteiger partial charge in [-0.1, -0.05) is 12.1 Å². The van der Waals surface area contributed by atoms with Crippen molar-refractivity contribution in [2.75, 3.05) is 45.1 Å². The predicted molar refractivity (Wildman–Crippen MR) is 92.2 cm³/mol. The molecule has 1 aromatic carbocycles. The lowest BCUT2D eigenvalue weighted by Gasteiger charge is -2.24. The predicted octanol–water partition coefficient (Wildman–Crippen LogP) is 1.61. The lowest BCUT2D eigenvalue weighted by atomic mass is 9.81. The molecule has 6 heteroatoms. The van der Waals surface area contributed by atoms with E-state index in [0.29, 0.717) is 13.1 Å². The van der Waals surface area contributed by atoms with Gasteiger partial charge < -0.3 is 10.2 Å². The third kappa shape index (κ3) is 2.66. The van der Waals surface area contributed by atoms with Crippen LogP contribution in [-0.2, 0) is 21.2 Å². The van der Waals surface area contributed by atoms with Crippen molar-refractivity contribution in [3.63, 3.8) is 0 Å². The number of nitrogens with one attached hydrogen (secondary N) is 1. The average molecular weight is 335 g/mol. The Kier molecular flexibility index (Phi) is 3.66. The Balaban J connectivity index is 1.61. The van der Waals surface area contributed by atoms with Crippen molar-refractivity contribution in [1.82, 2.24) is 9.21 Å². The molecule has 3 heterocycles. The van der Waals surface area contributed by atoms with E-state index >= 15 is 0 Å². The molecule has 1 atom stereocenters. The number of nitrogens with zero attached hydrogens (tertiary/aromatic N) is 2. The number of sulfonamides is 1. The van der Waals surface area contributed by atoms with Crippen LogP contribution in [0.3, 0.4) is 0 Å². The minimum absolute atomic E-state index is 0.131. The van der Waals surface area contributed by atoms with Crippen LogP contribution in [0, 0.1) is 0 Å². The van der Waals surface area contributed by atoms with E-state index < -0.39 is 10.0 Å². The number of likely N-dealkylation sites (N-methyl/N-ethyl adjacent to an activating group) is 1. The lowest BCUT2D eigenvalue weighted by Crippen LogP contribution is -2.32. The highest BCUT2D eigenvalue weighted by molar-refractivity contribution is 7.88. The van der Waals surface area contributed by atoms with E-state index in [9.17, 15) is 8.42 Å². The molecule has 23 heavy (non-hydrogen) atoms. The number of benzene rings is 1. The van der Waals surface area contributed by atoms with Gasteiger partial charge >= 0.3 is 0 Å². The van der Waals surface area contributed by atoms with Gasteiger partial charge in [0.1, 0.15) is 0 Å². The van der Waals surface area contributed by atoms with Crippen molar-refractivity contribution in [3.8, 4) is 0 Å². The summed E-state index contributed by atoms with van der Waals surface area (Å²) in [4.78, 5) is 2.37. The zero-order valence-corrected chi connectivity index (χ0v) is 14.5. The van der Waals surface area contributed by atoms with Crippen LogP contribution in [0.1, 0.15) is 30.4 Å². The van der Waals surface area contributed by atoms with Crippen molar-refractivity contribution in [3.05, 3.63) is 29.3 Å². The molecular weight excluding hydrogens is 310 g/mol. The smallest absolute Gasteiger partial charge is 0.218 e. The molecule has 1 unspecified atom stereocenters. The molecular formula is C17H25N3O2S. The Bertz CT molecular complexity index is 709. The minimum atomic E-state index is -3.17. The first-order valence-electron chi connectivity index (χ1n) is 8.52. The normalized spacial score (nSPS) is 28.4. The molecule has 2 saturated heterocycles. The van der Waals surface area contributed by atoms with Crippen LogP contribution in [-0.4, -0.2) is 57.4 Å². The largest absolute Gasteiger partial charge is 0.384 e.